The molecule has 0 radical (unpaired) electrons. The third-order valence-electron chi connectivity index (χ3n) is 2.15. The predicted octanol–water partition coefficient (Wildman–Crippen LogP) is 1.09. The van der Waals surface area contributed by atoms with E-state index in [4.69, 9.17) is 0 Å². The summed E-state index contributed by atoms with van der Waals surface area (Å²) >= 11 is 0. The number of aromatic nitrogens is 3. The highest BCUT2D eigenvalue weighted by Crippen LogP contribution is 2.04. The number of H-pyrrole nitrogens is 1. The van der Waals surface area contributed by atoms with Crippen LogP contribution >= 0.6 is 0 Å². The minimum absolute atomic E-state index is 0.263. The molecule has 0 spiro atoms. The first-order chi connectivity index (χ1) is 7.74. The van der Waals surface area contributed by atoms with Gasteiger partial charge in [0.2, 0.25) is 5.95 Å². The first-order valence-electron chi connectivity index (χ1n) is 4.95. The number of aryl methyl sites for hydroxylation is 1. The van der Waals surface area contributed by atoms with E-state index in [1.54, 1.807) is 0 Å². The summed E-state index contributed by atoms with van der Waals surface area (Å²) in [5.74, 6) is 0.382. The van der Waals surface area contributed by atoms with Crippen molar-refractivity contribution >= 4 is 5.95 Å². The second-order valence-electron chi connectivity index (χ2n) is 3.52. The first kappa shape index (κ1) is 10.4. The number of anilines is 1. The van der Waals surface area contributed by atoms with Crippen LogP contribution in [0.2, 0.25) is 0 Å². The molecule has 1 aromatic heterocycles. The number of nitrogens with zero attached hydrogens (tertiary/aromatic N) is 2. The monoisotopic (exact) mass is 216 g/mol. The van der Waals surface area contributed by atoms with Gasteiger partial charge in [-0.2, -0.15) is 0 Å². The lowest BCUT2D eigenvalue weighted by Crippen LogP contribution is -2.12. The van der Waals surface area contributed by atoms with Crippen molar-refractivity contribution in [2.75, 3.05) is 5.32 Å². The SMILES string of the molecule is Cc1ccc(CNc2nncc(=O)[nH]2)cc1. The minimum atomic E-state index is -0.263. The summed E-state index contributed by atoms with van der Waals surface area (Å²) in [5.41, 5.74) is 2.08. The zero-order valence-corrected chi connectivity index (χ0v) is 8.90. The van der Waals surface area contributed by atoms with Gasteiger partial charge in [0.15, 0.2) is 0 Å². The average Bonchev–Trinajstić information content (AvgIpc) is 2.28. The summed E-state index contributed by atoms with van der Waals surface area (Å²) in [5, 5.41) is 10.3. The highest BCUT2D eigenvalue weighted by Gasteiger charge is 1.96. The van der Waals surface area contributed by atoms with Crippen molar-refractivity contribution < 1.29 is 0 Å². The van der Waals surface area contributed by atoms with Gasteiger partial charge in [-0.3, -0.25) is 9.78 Å². The van der Waals surface area contributed by atoms with E-state index in [-0.39, 0.29) is 5.56 Å². The maximum absolute atomic E-state index is 10.9. The molecule has 0 saturated carbocycles. The Hall–Kier alpha value is -2.17. The summed E-state index contributed by atoms with van der Waals surface area (Å²) in [4.78, 5) is 13.5. The molecule has 0 aliphatic rings. The van der Waals surface area contributed by atoms with Gasteiger partial charge in [0, 0.05) is 6.54 Å². The van der Waals surface area contributed by atoms with Crippen LogP contribution in [0, 0.1) is 6.92 Å². The normalized spacial score (nSPS) is 10.1. The number of benzene rings is 1. The van der Waals surface area contributed by atoms with Crippen LogP contribution in [0.5, 0.6) is 0 Å². The second-order valence-corrected chi connectivity index (χ2v) is 3.52. The van der Waals surface area contributed by atoms with Gasteiger partial charge in [-0.25, -0.2) is 0 Å². The lowest BCUT2D eigenvalue weighted by Gasteiger charge is -2.04. The van der Waals surface area contributed by atoms with Gasteiger partial charge in [0.25, 0.3) is 5.56 Å². The zero-order chi connectivity index (χ0) is 11.4. The Morgan fingerprint density at radius 2 is 2.06 bits per heavy atom. The van der Waals surface area contributed by atoms with Crippen molar-refractivity contribution in [3.05, 3.63) is 51.9 Å². The molecular weight excluding hydrogens is 204 g/mol. The van der Waals surface area contributed by atoms with Crippen LogP contribution in [-0.4, -0.2) is 15.2 Å². The molecule has 0 atom stereocenters. The van der Waals surface area contributed by atoms with Crippen molar-refractivity contribution in [2.45, 2.75) is 13.5 Å². The van der Waals surface area contributed by atoms with Crippen molar-refractivity contribution in [1.82, 2.24) is 15.2 Å². The fourth-order valence-corrected chi connectivity index (χ4v) is 1.28. The first-order valence-corrected chi connectivity index (χ1v) is 4.95. The molecule has 2 N–H and O–H groups in total. The van der Waals surface area contributed by atoms with Crippen molar-refractivity contribution in [3.8, 4) is 0 Å². The van der Waals surface area contributed by atoms with Gasteiger partial charge in [0.05, 0.1) is 0 Å². The molecule has 1 heterocycles. The van der Waals surface area contributed by atoms with Gasteiger partial charge in [-0.15, -0.1) is 10.2 Å². The molecule has 0 unspecified atom stereocenters. The summed E-state index contributed by atoms with van der Waals surface area (Å²) in [6.07, 6.45) is 1.14. The van der Waals surface area contributed by atoms with Crippen molar-refractivity contribution in [2.24, 2.45) is 0 Å². The van der Waals surface area contributed by atoms with E-state index in [1.807, 2.05) is 31.2 Å². The lowest BCUT2D eigenvalue weighted by atomic mass is 10.1. The molecule has 0 amide bonds. The predicted molar refractivity (Wildman–Crippen MR) is 61.2 cm³/mol. The van der Waals surface area contributed by atoms with Gasteiger partial charge >= 0.3 is 0 Å². The third kappa shape index (κ3) is 2.66. The molecule has 1 aromatic carbocycles. The fourth-order valence-electron chi connectivity index (χ4n) is 1.28. The van der Waals surface area contributed by atoms with E-state index in [2.05, 4.69) is 20.5 Å². The van der Waals surface area contributed by atoms with Gasteiger partial charge < -0.3 is 5.32 Å². The van der Waals surface area contributed by atoms with Crippen molar-refractivity contribution in [3.63, 3.8) is 0 Å². The number of hydrogen-bond donors (Lipinski definition) is 2. The van der Waals surface area contributed by atoms with Crippen LogP contribution in [0.1, 0.15) is 11.1 Å². The number of nitrogens with one attached hydrogen (secondary N) is 2. The Balaban J connectivity index is 2.02. The highest BCUT2D eigenvalue weighted by atomic mass is 16.1. The Morgan fingerprint density at radius 1 is 1.31 bits per heavy atom. The summed E-state index contributed by atoms with van der Waals surface area (Å²) in [6, 6.07) is 8.13. The zero-order valence-electron chi connectivity index (χ0n) is 8.90. The lowest BCUT2D eigenvalue weighted by molar-refractivity contribution is 0.924. The van der Waals surface area contributed by atoms with Crippen LogP contribution in [-0.2, 0) is 6.54 Å². The molecule has 2 rings (SSSR count). The third-order valence-corrected chi connectivity index (χ3v) is 2.15. The van der Waals surface area contributed by atoms with Crippen LogP contribution in [0.25, 0.3) is 0 Å². The molecule has 16 heavy (non-hydrogen) atoms. The van der Waals surface area contributed by atoms with E-state index >= 15 is 0 Å². The van der Waals surface area contributed by atoms with Crippen LogP contribution in [0.3, 0.4) is 0 Å². The molecule has 0 fully saturated rings. The minimum Gasteiger partial charge on any atom is -0.350 e. The maximum atomic E-state index is 10.9. The molecule has 82 valence electrons. The van der Waals surface area contributed by atoms with Gasteiger partial charge in [0.1, 0.15) is 6.20 Å². The summed E-state index contributed by atoms with van der Waals surface area (Å²) in [7, 11) is 0. The van der Waals surface area contributed by atoms with Gasteiger partial charge in [-0.1, -0.05) is 29.8 Å². The fraction of sp³-hybridized carbons (Fsp3) is 0.182. The molecular formula is C11H12N4O. The maximum Gasteiger partial charge on any atom is 0.271 e. The van der Waals surface area contributed by atoms with E-state index in [1.165, 1.54) is 5.56 Å². The Labute approximate surface area is 92.6 Å². The molecule has 0 aliphatic heterocycles. The van der Waals surface area contributed by atoms with E-state index < -0.39 is 0 Å². The second kappa shape index (κ2) is 4.57. The van der Waals surface area contributed by atoms with Crippen LogP contribution in [0.15, 0.2) is 35.3 Å². The molecule has 5 nitrogen and oxygen atoms in total. The number of hydrogen-bond acceptors (Lipinski definition) is 4. The summed E-state index contributed by atoms with van der Waals surface area (Å²) < 4.78 is 0. The largest absolute Gasteiger partial charge is 0.350 e. The molecule has 2 aromatic rings. The molecule has 0 saturated heterocycles. The Morgan fingerprint density at radius 3 is 2.75 bits per heavy atom. The van der Waals surface area contributed by atoms with Crippen LogP contribution in [0.4, 0.5) is 5.95 Å². The number of rotatable bonds is 3. The van der Waals surface area contributed by atoms with E-state index in [0.717, 1.165) is 11.8 Å². The molecule has 0 aliphatic carbocycles. The standard InChI is InChI=1S/C11H12N4O/c1-8-2-4-9(5-3-8)6-12-11-14-10(16)7-13-15-11/h2-5,7H,6H2,1H3,(H2,12,14,15,16). The number of aromatic amines is 1. The van der Waals surface area contributed by atoms with Crippen molar-refractivity contribution in [1.29, 1.82) is 0 Å². The quantitative estimate of drug-likeness (QED) is 0.805. The van der Waals surface area contributed by atoms with Gasteiger partial charge in [-0.05, 0) is 12.5 Å². The Kier molecular flexibility index (Phi) is 2.95. The highest BCUT2D eigenvalue weighted by molar-refractivity contribution is 5.27. The summed E-state index contributed by atoms with van der Waals surface area (Å²) in [6.45, 7) is 2.65. The molecule has 5 heteroatoms. The topological polar surface area (TPSA) is 70.7 Å². The smallest absolute Gasteiger partial charge is 0.271 e. The average molecular weight is 216 g/mol. The van der Waals surface area contributed by atoms with Crippen LogP contribution < -0.4 is 10.9 Å². The molecule has 0 bridgehead atoms. The van der Waals surface area contributed by atoms with E-state index in [9.17, 15) is 4.79 Å². The van der Waals surface area contributed by atoms with E-state index in [0.29, 0.717) is 12.5 Å². The Bertz CT molecular complexity index is 518.